The average Bonchev–Trinajstić information content (AvgIpc) is 2.96. The molecule has 1 aromatic carbocycles. The lowest BCUT2D eigenvalue weighted by molar-refractivity contribution is -0.143. The number of benzene rings is 1. The van der Waals surface area contributed by atoms with Crippen LogP contribution >= 0.6 is 0 Å². The summed E-state index contributed by atoms with van der Waals surface area (Å²) in [4.78, 5) is 25.9. The number of aryl methyl sites for hydroxylation is 1. The van der Waals surface area contributed by atoms with Gasteiger partial charge in [0, 0.05) is 12.6 Å². The number of carboxylic acids is 1. The molecule has 1 amide bonds. The van der Waals surface area contributed by atoms with Crippen molar-refractivity contribution < 1.29 is 14.7 Å². The molecule has 2 aliphatic rings. The Kier molecular flexibility index (Phi) is 5.74. The summed E-state index contributed by atoms with van der Waals surface area (Å²) >= 11 is 0. The van der Waals surface area contributed by atoms with Crippen LogP contribution in [0.1, 0.15) is 43.2 Å². The molecule has 1 saturated heterocycles. The highest BCUT2D eigenvalue weighted by Gasteiger charge is 2.45. The molecule has 0 bridgehead atoms. The minimum absolute atomic E-state index is 0.0638. The fourth-order valence-electron chi connectivity index (χ4n) is 4.47. The topological polar surface area (TPSA) is 69.6 Å². The minimum atomic E-state index is -0.790. The molecule has 5 heteroatoms. The third-order valence-electron chi connectivity index (χ3n) is 5.81. The Hall–Kier alpha value is -1.88. The fraction of sp³-hybridized carbons (Fsp3) is 0.600. The Bertz CT molecular complexity index is 631. The number of carbonyl (C=O) groups is 2. The van der Waals surface area contributed by atoms with Gasteiger partial charge in [-0.25, -0.2) is 0 Å². The van der Waals surface area contributed by atoms with E-state index in [4.69, 9.17) is 0 Å². The van der Waals surface area contributed by atoms with Gasteiger partial charge in [0.25, 0.3) is 0 Å². The molecule has 1 aliphatic heterocycles. The number of hydrogen-bond acceptors (Lipinski definition) is 3. The van der Waals surface area contributed by atoms with Crippen molar-refractivity contribution in [3.63, 3.8) is 0 Å². The number of carbonyl (C=O) groups excluding carboxylic acids is 1. The summed E-state index contributed by atoms with van der Waals surface area (Å²) in [5.74, 6) is -0.414. The van der Waals surface area contributed by atoms with Crippen LogP contribution in [-0.4, -0.2) is 47.1 Å². The molecule has 5 nitrogen and oxygen atoms in total. The maximum atomic E-state index is 12.4. The van der Waals surface area contributed by atoms with Gasteiger partial charge in [-0.1, -0.05) is 37.1 Å². The second kappa shape index (κ2) is 8.00. The summed E-state index contributed by atoms with van der Waals surface area (Å²) in [6.07, 6.45) is 5.93. The van der Waals surface area contributed by atoms with Crippen molar-refractivity contribution in [2.45, 2.75) is 57.5 Å². The van der Waals surface area contributed by atoms with E-state index in [1.165, 1.54) is 17.5 Å². The normalized spacial score (nSPS) is 26.2. The van der Waals surface area contributed by atoms with E-state index >= 15 is 0 Å². The highest BCUT2D eigenvalue weighted by Crippen LogP contribution is 2.39. The van der Waals surface area contributed by atoms with Crippen molar-refractivity contribution in [2.24, 2.45) is 5.92 Å². The van der Waals surface area contributed by atoms with Crippen LogP contribution in [-0.2, 0) is 16.0 Å². The van der Waals surface area contributed by atoms with Crippen molar-refractivity contribution in [1.82, 2.24) is 10.2 Å². The number of nitrogens with one attached hydrogen (secondary N) is 1. The molecule has 2 fully saturated rings. The van der Waals surface area contributed by atoms with Crippen molar-refractivity contribution >= 4 is 11.9 Å². The molecule has 0 aromatic heterocycles. The number of rotatable bonds is 6. The van der Waals surface area contributed by atoms with Crippen LogP contribution in [0.3, 0.4) is 0 Å². The van der Waals surface area contributed by atoms with Crippen LogP contribution in [0, 0.1) is 12.8 Å². The molecule has 1 heterocycles. The van der Waals surface area contributed by atoms with Crippen LogP contribution in [0.25, 0.3) is 0 Å². The molecule has 1 saturated carbocycles. The van der Waals surface area contributed by atoms with Gasteiger partial charge in [-0.2, -0.15) is 0 Å². The number of amides is 1. The lowest BCUT2D eigenvalue weighted by atomic mass is 9.85. The molecule has 3 rings (SSSR count). The first-order chi connectivity index (χ1) is 12.1. The quantitative estimate of drug-likeness (QED) is 0.831. The van der Waals surface area contributed by atoms with Gasteiger partial charge in [0.05, 0.1) is 6.54 Å². The molecule has 1 aliphatic carbocycles. The van der Waals surface area contributed by atoms with Crippen LogP contribution < -0.4 is 5.32 Å². The smallest absolute Gasteiger partial charge is 0.320 e. The first-order valence-corrected chi connectivity index (χ1v) is 9.36. The summed E-state index contributed by atoms with van der Waals surface area (Å²) in [7, 11) is 0. The van der Waals surface area contributed by atoms with Crippen LogP contribution in [0.2, 0.25) is 0 Å². The van der Waals surface area contributed by atoms with E-state index in [-0.39, 0.29) is 18.5 Å². The third-order valence-corrected chi connectivity index (χ3v) is 5.81. The van der Waals surface area contributed by atoms with Crippen molar-refractivity contribution in [3.8, 4) is 0 Å². The van der Waals surface area contributed by atoms with Gasteiger partial charge >= 0.3 is 5.97 Å². The number of hydrogen-bond donors (Lipinski definition) is 2. The fourth-order valence-corrected chi connectivity index (χ4v) is 4.47. The van der Waals surface area contributed by atoms with Crippen molar-refractivity contribution in [3.05, 3.63) is 35.4 Å². The number of likely N-dealkylation sites (tertiary alicyclic amines) is 1. The zero-order chi connectivity index (χ0) is 17.8. The van der Waals surface area contributed by atoms with Gasteiger partial charge < -0.3 is 10.4 Å². The molecule has 0 radical (unpaired) electrons. The zero-order valence-corrected chi connectivity index (χ0v) is 14.9. The van der Waals surface area contributed by atoms with Gasteiger partial charge in [-0.3, -0.25) is 14.5 Å². The van der Waals surface area contributed by atoms with Gasteiger partial charge in [0.15, 0.2) is 0 Å². The Morgan fingerprint density at radius 1 is 1.24 bits per heavy atom. The standard InChI is InChI=1S/C20H28N2O3/c1-14-6-2-3-7-15(14)10-11-21-19(23)13-22-17-9-5-4-8-16(17)12-18(22)20(24)25/h2-3,6-7,16-18H,4-5,8-13H2,1H3,(H,21,23)(H,24,25). The third kappa shape index (κ3) is 4.21. The SMILES string of the molecule is Cc1ccccc1CCNC(=O)CN1C(C(=O)O)CC2CCCCC21. The summed E-state index contributed by atoms with van der Waals surface area (Å²) in [5, 5.41) is 12.5. The Balaban J connectivity index is 1.53. The van der Waals surface area contributed by atoms with E-state index in [1.807, 2.05) is 17.0 Å². The van der Waals surface area contributed by atoms with E-state index in [2.05, 4.69) is 24.4 Å². The summed E-state index contributed by atoms with van der Waals surface area (Å²) in [6, 6.07) is 7.93. The second-order valence-corrected chi connectivity index (χ2v) is 7.40. The molecular weight excluding hydrogens is 316 g/mol. The second-order valence-electron chi connectivity index (χ2n) is 7.40. The van der Waals surface area contributed by atoms with E-state index in [0.29, 0.717) is 18.9 Å². The zero-order valence-electron chi connectivity index (χ0n) is 14.9. The lowest BCUT2D eigenvalue weighted by Gasteiger charge is -2.32. The maximum Gasteiger partial charge on any atom is 0.320 e. The number of carboxylic acid groups (broad SMARTS) is 1. The number of fused-ring (bicyclic) bond motifs is 1. The molecular formula is C20H28N2O3. The molecule has 1 aromatic rings. The van der Waals surface area contributed by atoms with Crippen molar-refractivity contribution in [2.75, 3.05) is 13.1 Å². The Morgan fingerprint density at radius 2 is 2.00 bits per heavy atom. The van der Waals surface area contributed by atoms with Gasteiger partial charge in [-0.15, -0.1) is 0 Å². The van der Waals surface area contributed by atoms with E-state index < -0.39 is 12.0 Å². The van der Waals surface area contributed by atoms with Crippen LogP contribution in [0.4, 0.5) is 0 Å². The molecule has 2 N–H and O–H groups in total. The largest absolute Gasteiger partial charge is 0.480 e. The molecule has 0 spiro atoms. The molecule has 25 heavy (non-hydrogen) atoms. The molecule has 136 valence electrons. The van der Waals surface area contributed by atoms with Crippen molar-refractivity contribution in [1.29, 1.82) is 0 Å². The van der Waals surface area contributed by atoms with Gasteiger partial charge in [0.1, 0.15) is 6.04 Å². The first-order valence-electron chi connectivity index (χ1n) is 9.36. The van der Waals surface area contributed by atoms with Crippen LogP contribution in [0.15, 0.2) is 24.3 Å². The van der Waals surface area contributed by atoms with Crippen LogP contribution in [0.5, 0.6) is 0 Å². The predicted molar refractivity (Wildman–Crippen MR) is 96.4 cm³/mol. The minimum Gasteiger partial charge on any atom is -0.480 e. The first kappa shape index (κ1) is 17.9. The van der Waals surface area contributed by atoms with Gasteiger partial charge in [-0.05, 0) is 49.7 Å². The Morgan fingerprint density at radius 3 is 2.76 bits per heavy atom. The highest BCUT2D eigenvalue weighted by molar-refractivity contribution is 5.80. The maximum absolute atomic E-state index is 12.4. The lowest BCUT2D eigenvalue weighted by Crippen LogP contribution is -2.47. The van der Waals surface area contributed by atoms with E-state index in [9.17, 15) is 14.7 Å². The highest BCUT2D eigenvalue weighted by atomic mass is 16.4. The Labute approximate surface area is 149 Å². The average molecular weight is 344 g/mol. The molecule has 3 atom stereocenters. The van der Waals surface area contributed by atoms with E-state index in [1.54, 1.807) is 0 Å². The number of aliphatic carboxylic acids is 1. The number of nitrogens with zero attached hydrogens (tertiary/aromatic N) is 1. The summed E-state index contributed by atoms with van der Waals surface area (Å²) < 4.78 is 0. The summed E-state index contributed by atoms with van der Waals surface area (Å²) in [6.45, 7) is 2.86. The van der Waals surface area contributed by atoms with Gasteiger partial charge in [0.2, 0.25) is 5.91 Å². The summed E-state index contributed by atoms with van der Waals surface area (Å²) in [5.41, 5.74) is 2.46. The monoisotopic (exact) mass is 344 g/mol. The predicted octanol–water partition coefficient (Wildman–Crippen LogP) is 2.37. The van der Waals surface area contributed by atoms with E-state index in [0.717, 1.165) is 25.7 Å². The molecule has 3 unspecified atom stereocenters.